The number of halogens is 1. The number of aromatic nitrogens is 2. The van der Waals surface area contributed by atoms with Crippen molar-refractivity contribution in [2.75, 3.05) is 0 Å². The summed E-state index contributed by atoms with van der Waals surface area (Å²) in [7, 11) is 0. The number of rotatable bonds is 3. The third kappa shape index (κ3) is 1.92. The Morgan fingerprint density at radius 2 is 2.38 bits per heavy atom. The maximum atomic E-state index is 5.99. The van der Waals surface area contributed by atoms with Gasteiger partial charge in [0.1, 0.15) is 0 Å². The summed E-state index contributed by atoms with van der Waals surface area (Å²) in [5.41, 5.74) is 5.99. The van der Waals surface area contributed by atoms with Crippen molar-refractivity contribution >= 4 is 27.3 Å². The highest BCUT2D eigenvalue weighted by Crippen LogP contribution is 2.39. The van der Waals surface area contributed by atoms with Crippen LogP contribution in [-0.4, -0.2) is 10.1 Å². The number of hydrogen-bond acceptors (Lipinski definition) is 5. The van der Waals surface area contributed by atoms with Crippen molar-refractivity contribution in [1.82, 2.24) is 10.1 Å². The molecule has 2 N–H and O–H groups in total. The van der Waals surface area contributed by atoms with Gasteiger partial charge >= 0.3 is 0 Å². The third-order valence-electron chi connectivity index (χ3n) is 2.64. The molecule has 1 aliphatic rings. The molecule has 0 spiro atoms. The maximum Gasteiger partial charge on any atom is 0.244 e. The van der Waals surface area contributed by atoms with Crippen molar-refractivity contribution in [3.8, 4) is 10.7 Å². The van der Waals surface area contributed by atoms with Gasteiger partial charge in [-0.15, -0.1) is 11.3 Å². The lowest BCUT2D eigenvalue weighted by molar-refractivity contribution is 0.343. The van der Waals surface area contributed by atoms with Crippen molar-refractivity contribution in [1.29, 1.82) is 0 Å². The maximum absolute atomic E-state index is 5.99. The predicted octanol–water partition coefficient (Wildman–Crippen LogP) is 2.97. The molecule has 0 amide bonds. The summed E-state index contributed by atoms with van der Waals surface area (Å²) >= 11 is 4.98. The van der Waals surface area contributed by atoms with E-state index in [2.05, 4.69) is 26.1 Å². The quantitative estimate of drug-likeness (QED) is 0.946. The summed E-state index contributed by atoms with van der Waals surface area (Å²) in [6.45, 7) is 0. The molecule has 2 heterocycles. The topological polar surface area (TPSA) is 64.9 Å². The Kier molecular flexibility index (Phi) is 2.57. The molecule has 1 fully saturated rings. The molecule has 2 aromatic rings. The molecule has 3 rings (SSSR count). The summed E-state index contributed by atoms with van der Waals surface area (Å²) in [4.78, 5) is 5.33. The summed E-state index contributed by atoms with van der Waals surface area (Å²) in [5, 5.41) is 5.95. The molecular weight excluding hydrogens is 290 g/mol. The smallest absolute Gasteiger partial charge is 0.244 e. The SMILES string of the molecule is NC(c1nc(-c2cc(Br)cs2)no1)C1CC1. The largest absolute Gasteiger partial charge is 0.337 e. The van der Waals surface area contributed by atoms with Gasteiger partial charge in [-0.2, -0.15) is 4.98 Å². The number of thiophene rings is 1. The zero-order chi connectivity index (χ0) is 11.1. The monoisotopic (exact) mass is 299 g/mol. The predicted molar refractivity (Wildman–Crippen MR) is 65.0 cm³/mol. The lowest BCUT2D eigenvalue weighted by atomic mass is 10.2. The summed E-state index contributed by atoms with van der Waals surface area (Å²) < 4.78 is 6.23. The second-order valence-corrected chi connectivity index (χ2v) is 5.78. The van der Waals surface area contributed by atoms with Crippen LogP contribution < -0.4 is 5.73 Å². The average molecular weight is 300 g/mol. The molecule has 1 saturated carbocycles. The highest BCUT2D eigenvalue weighted by Gasteiger charge is 2.33. The first-order valence-electron chi connectivity index (χ1n) is 5.07. The second-order valence-electron chi connectivity index (χ2n) is 3.95. The van der Waals surface area contributed by atoms with E-state index < -0.39 is 0 Å². The molecule has 0 radical (unpaired) electrons. The summed E-state index contributed by atoms with van der Waals surface area (Å²) in [5.74, 6) is 1.71. The van der Waals surface area contributed by atoms with Crippen LogP contribution in [0.3, 0.4) is 0 Å². The van der Waals surface area contributed by atoms with Crippen molar-refractivity contribution in [3.63, 3.8) is 0 Å². The number of nitrogens with zero attached hydrogens (tertiary/aromatic N) is 2. The lowest BCUT2D eigenvalue weighted by Crippen LogP contribution is -2.12. The first kappa shape index (κ1) is 10.4. The molecule has 1 atom stereocenters. The van der Waals surface area contributed by atoms with Crippen molar-refractivity contribution < 1.29 is 4.52 Å². The van der Waals surface area contributed by atoms with Crippen LogP contribution in [0.4, 0.5) is 0 Å². The van der Waals surface area contributed by atoms with E-state index in [0.717, 1.165) is 9.35 Å². The highest BCUT2D eigenvalue weighted by molar-refractivity contribution is 9.10. The van der Waals surface area contributed by atoms with Gasteiger partial charge in [-0.1, -0.05) is 5.16 Å². The minimum atomic E-state index is -0.0929. The van der Waals surface area contributed by atoms with Crippen LogP contribution in [0.25, 0.3) is 10.7 Å². The fourth-order valence-corrected chi connectivity index (χ4v) is 2.91. The van der Waals surface area contributed by atoms with Crippen molar-refractivity contribution in [2.45, 2.75) is 18.9 Å². The Labute approximate surface area is 105 Å². The molecular formula is C10H10BrN3OS. The van der Waals surface area contributed by atoms with Crippen LogP contribution in [-0.2, 0) is 0 Å². The Morgan fingerprint density at radius 3 is 3.00 bits per heavy atom. The van der Waals surface area contributed by atoms with Gasteiger partial charge < -0.3 is 10.3 Å². The average Bonchev–Trinajstić information content (AvgIpc) is 2.84. The van der Waals surface area contributed by atoms with Crippen LogP contribution >= 0.6 is 27.3 Å². The van der Waals surface area contributed by atoms with Gasteiger partial charge in [0.05, 0.1) is 10.9 Å². The third-order valence-corrected chi connectivity index (χ3v) is 4.33. The van der Waals surface area contributed by atoms with Crippen LogP contribution in [0, 0.1) is 5.92 Å². The summed E-state index contributed by atoms with van der Waals surface area (Å²) in [6, 6.07) is 1.88. The molecule has 2 aromatic heterocycles. The molecule has 6 heteroatoms. The lowest BCUT2D eigenvalue weighted by Gasteiger charge is -2.01. The molecule has 84 valence electrons. The van der Waals surface area contributed by atoms with Crippen molar-refractivity contribution in [2.24, 2.45) is 11.7 Å². The fraction of sp³-hybridized carbons (Fsp3) is 0.400. The van der Waals surface area contributed by atoms with E-state index in [4.69, 9.17) is 10.3 Å². The number of nitrogens with two attached hydrogens (primary N) is 1. The van der Waals surface area contributed by atoms with Gasteiger partial charge in [-0.25, -0.2) is 0 Å². The Morgan fingerprint density at radius 1 is 1.56 bits per heavy atom. The van der Waals surface area contributed by atoms with Gasteiger partial charge in [-0.05, 0) is 40.8 Å². The van der Waals surface area contributed by atoms with Crippen LogP contribution in [0.1, 0.15) is 24.8 Å². The van der Waals surface area contributed by atoms with E-state index in [-0.39, 0.29) is 6.04 Å². The van der Waals surface area contributed by atoms with Gasteiger partial charge in [0.15, 0.2) is 0 Å². The fourth-order valence-electron chi connectivity index (χ4n) is 1.56. The van der Waals surface area contributed by atoms with Crippen LogP contribution in [0.5, 0.6) is 0 Å². The minimum Gasteiger partial charge on any atom is -0.337 e. The van der Waals surface area contributed by atoms with Crippen LogP contribution in [0.15, 0.2) is 20.4 Å². The van der Waals surface area contributed by atoms with E-state index in [9.17, 15) is 0 Å². The minimum absolute atomic E-state index is 0.0929. The van der Waals surface area contributed by atoms with E-state index in [0.29, 0.717) is 17.6 Å². The van der Waals surface area contributed by atoms with E-state index in [1.54, 1.807) is 11.3 Å². The molecule has 1 unspecified atom stereocenters. The Hall–Kier alpha value is -0.720. The molecule has 1 aliphatic carbocycles. The Bertz CT molecular complexity index is 506. The zero-order valence-corrected chi connectivity index (χ0v) is 10.8. The molecule has 0 aliphatic heterocycles. The normalized spacial score (nSPS) is 17.6. The second kappa shape index (κ2) is 3.94. The van der Waals surface area contributed by atoms with E-state index in [1.165, 1.54) is 12.8 Å². The summed E-state index contributed by atoms with van der Waals surface area (Å²) in [6.07, 6.45) is 2.34. The van der Waals surface area contributed by atoms with Gasteiger partial charge in [-0.3, -0.25) is 0 Å². The standard InChI is InChI=1S/C10H10BrN3OS/c11-6-3-7(16-4-6)9-13-10(15-14-9)8(12)5-1-2-5/h3-5,8H,1-2,12H2. The highest BCUT2D eigenvalue weighted by atomic mass is 79.9. The zero-order valence-electron chi connectivity index (χ0n) is 8.39. The molecule has 16 heavy (non-hydrogen) atoms. The van der Waals surface area contributed by atoms with Gasteiger partial charge in [0.2, 0.25) is 11.7 Å². The van der Waals surface area contributed by atoms with Gasteiger partial charge in [0.25, 0.3) is 0 Å². The first-order chi connectivity index (χ1) is 7.74. The van der Waals surface area contributed by atoms with Crippen molar-refractivity contribution in [3.05, 3.63) is 21.8 Å². The first-order valence-corrected chi connectivity index (χ1v) is 6.75. The van der Waals surface area contributed by atoms with E-state index >= 15 is 0 Å². The molecule has 0 bridgehead atoms. The Balaban J connectivity index is 1.86. The molecule has 0 saturated heterocycles. The molecule has 4 nitrogen and oxygen atoms in total. The van der Waals surface area contributed by atoms with E-state index in [1.807, 2.05) is 11.4 Å². The molecule has 0 aromatic carbocycles. The number of hydrogen-bond donors (Lipinski definition) is 1. The van der Waals surface area contributed by atoms with Gasteiger partial charge in [0, 0.05) is 9.85 Å². The van der Waals surface area contributed by atoms with Crippen LogP contribution in [0.2, 0.25) is 0 Å².